The lowest BCUT2D eigenvalue weighted by molar-refractivity contribution is 0.0474. The zero-order valence-corrected chi connectivity index (χ0v) is 13.0. The number of rotatable bonds is 5. The second-order valence-corrected chi connectivity index (χ2v) is 5.57. The summed E-state index contributed by atoms with van der Waals surface area (Å²) in [6.45, 7) is -0.255. The number of fused-ring (bicyclic) bond motifs is 1. The predicted octanol–water partition coefficient (Wildman–Crippen LogP) is 3.22. The molecule has 0 N–H and O–H groups in total. The standard InChI is InChI=1S/C19H18O4/c1-22-17-7-3-6-16(11-17)19(21)23-12-18(20)15-9-8-13-4-2-5-14(13)10-15/h3,6-11H,2,4-5,12H2,1H3. The fourth-order valence-corrected chi connectivity index (χ4v) is 2.79. The van der Waals surface area contributed by atoms with Crippen molar-refractivity contribution in [2.75, 3.05) is 13.7 Å². The van der Waals surface area contributed by atoms with E-state index in [1.807, 2.05) is 18.2 Å². The molecule has 0 saturated carbocycles. The maximum atomic E-state index is 12.2. The third-order valence-corrected chi connectivity index (χ3v) is 4.06. The van der Waals surface area contributed by atoms with Crippen LogP contribution in [0, 0.1) is 0 Å². The van der Waals surface area contributed by atoms with Crippen molar-refractivity contribution in [1.82, 2.24) is 0 Å². The fraction of sp³-hybridized carbons (Fsp3) is 0.263. The van der Waals surface area contributed by atoms with Gasteiger partial charge in [0.2, 0.25) is 0 Å². The Morgan fingerprint density at radius 2 is 1.83 bits per heavy atom. The number of benzene rings is 2. The molecular formula is C19H18O4. The maximum Gasteiger partial charge on any atom is 0.338 e. The van der Waals surface area contributed by atoms with Gasteiger partial charge in [-0.1, -0.05) is 18.2 Å². The monoisotopic (exact) mass is 310 g/mol. The summed E-state index contributed by atoms with van der Waals surface area (Å²) in [6, 6.07) is 12.4. The lowest BCUT2D eigenvalue weighted by atomic mass is 10.0. The van der Waals surface area contributed by atoms with Gasteiger partial charge in [0.15, 0.2) is 12.4 Å². The number of esters is 1. The number of aryl methyl sites for hydroxylation is 2. The van der Waals surface area contributed by atoms with E-state index in [4.69, 9.17) is 9.47 Å². The Kier molecular flexibility index (Phi) is 4.42. The highest BCUT2D eigenvalue weighted by Crippen LogP contribution is 2.23. The zero-order valence-electron chi connectivity index (χ0n) is 13.0. The molecule has 0 saturated heterocycles. The highest BCUT2D eigenvalue weighted by Gasteiger charge is 2.16. The lowest BCUT2D eigenvalue weighted by Gasteiger charge is -2.07. The van der Waals surface area contributed by atoms with Gasteiger partial charge in [-0.2, -0.15) is 0 Å². The summed E-state index contributed by atoms with van der Waals surface area (Å²) >= 11 is 0. The molecule has 1 aliphatic rings. The van der Waals surface area contributed by atoms with E-state index in [-0.39, 0.29) is 12.4 Å². The molecule has 118 valence electrons. The fourth-order valence-electron chi connectivity index (χ4n) is 2.79. The van der Waals surface area contributed by atoms with Crippen LogP contribution < -0.4 is 4.74 Å². The molecule has 3 rings (SSSR count). The van der Waals surface area contributed by atoms with Gasteiger partial charge in [-0.25, -0.2) is 4.79 Å². The zero-order chi connectivity index (χ0) is 16.2. The molecule has 0 atom stereocenters. The van der Waals surface area contributed by atoms with Gasteiger partial charge in [0.1, 0.15) is 5.75 Å². The van der Waals surface area contributed by atoms with Gasteiger partial charge in [0.05, 0.1) is 12.7 Å². The van der Waals surface area contributed by atoms with Crippen LogP contribution in [0.3, 0.4) is 0 Å². The van der Waals surface area contributed by atoms with Crippen LogP contribution in [-0.2, 0) is 17.6 Å². The van der Waals surface area contributed by atoms with Crippen molar-refractivity contribution < 1.29 is 19.1 Å². The van der Waals surface area contributed by atoms with Crippen molar-refractivity contribution in [2.45, 2.75) is 19.3 Å². The van der Waals surface area contributed by atoms with E-state index in [2.05, 4.69) is 0 Å². The summed E-state index contributed by atoms with van der Waals surface area (Å²) in [6.07, 6.45) is 3.23. The number of carbonyl (C=O) groups excluding carboxylic acids is 2. The van der Waals surface area contributed by atoms with Crippen LogP contribution in [0.4, 0.5) is 0 Å². The molecule has 2 aromatic carbocycles. The minimum absolute atomic E-state index is 0.184. The smallest absolute Gasteiger partial charge is 0.338 e. The molecule has 0 bridgehead atoms. The molecular weight excluding hydrogens is 292 g/mol. The summed E-state index contributed by atoms with van der Waals surface area (Å²) < 4.78 is 10.2. The molecule has 23 heavy (non-hydrogen) atoms. The first-order valence-electron chi connectivity index (χ1n) is 7.63. The van der Waals surface area contributed by atoms with Crippen LogP contribution in [0.25, 0.3) is 0 Å². The first-order valence-corrected chi connectivity index (χ1v) is 7.63. The van der Waals surface area contributed by atoms with E-state index in [0.717, 1.165) is 19.3 Å². The van der Waals surface area contributed by atoms with Crippen molar-refractivity contribution in [3.05, 3.63) is 64.7 Å². The van der Waals surface area contributed by atoms with E-state index in [9.17, 15) is 9.59 Å². The Labute approximate surface area is 135 Å². The van der Waals surface area contributed by atoms with Crippen LogP contribution in [0.5, 0.6) is 5.75 Å². The van der Waals surface area contributed by atoms with Crippen molar-refractivity contribution in [2.24, 2.45) is 0 Å². The number of methoxy groups -OCH3 is 1. The number of ketones is 1. The van der Waals surface area contributed by atoms with E-state index < -0.39 is 5.97 Å². The number of hydrogen-bond donors (Lipinski definition) is 0. The molecule has 1 aliphatic carbocycles. The molecule has 4 nitrogen and oxygen atoms in total. The van der Waals surface area contributed by atoms with Gasteiger partial charge in [-0.15, -0.1) is 0 Å². The van der Waals surface area contributed by atoms with Crippen molar-refractivity contribution in [1.29, 1.82) is 0 Å². The molecule has 0 amide bonds. The molecule has 4 heteroatoms. The summed E-state index contributed by atoms with van der Waals surface area (Å²) in [4.78, 5) is 24.2. The third-order valence-electron chi connectivity index (χ3n) is 4.06. The first kappa shape index (κ1) is 15.3. The number of Topliss-reactive ketones (excluding diaryl/α,β-unsaturated/α-hetero) is 1. The van der Waals surface area contributed by atoms with Gasteiger partial charge >= 0.3 is 5.97 Å². The third kappa shape index (κ3) is 3.42. The summed E-state index contributed by atoms with van der Waals surface area (Å²) in [7, 11) is 1.53. The van der Waals surface area contributed by atoms with Gasteiger partial charge in [0.25, 0.3) is 0 Å². The van der Waals surface area contributed by atoms with Crippen molar-refractivity contribution in [3.8, 4) is 5.75 Å². The van der Waals surface area contributed by atoms with Crippen molar-refractivity contribution in [3.63, 3.8) is 0 Å². The van der Waals surface area contributed by atoms with Gasteiger partial charge < -0.3 is 9.47 Å². The van der Waals surface area contributed by atoms with Crippen LogP contribution in [0.1, 0.15) is 38.3 Å². The molecule has 0 aliphatic heterocycles. The SMILES string of the molecule is COc1cccc(C(=O)OCC(=O)c2ccc3c(c2)CCC3)c1. The number of ether oxygens (including phenoxy) is 2. The minimum Gasteiger partial charge on any atom is -0.497 e. The molecule has 0 unspecified atom stereocenters. The number of carbonyl (C=O) groups is 2. The molecule has 0 heterocycles. The Bertz CT molecular complexity index is 749. The highest BCUT2D eigenvalue weighted by molar-refractivity contribution is 5.99. The lowest BCUT2D eigenvalue weighted by Crippen LogP contribution is -2.14. The minimum atomic E-state index is -0.529. The van der Waals surface area contributed by atoms with Crippen LogP contribution in [0.15, 0.2) is 42.5 Å². The van der Waals surface area contributed by atoms with E-state index in [1.54, 1.807) is 24.3 Å². The van der Waals surface area contributed by atoms with E-state index in [1.165, 1.54) is 18.2 Å². The van der Waals surface area contributed by atoms with Crippen LogP contribution in [-0.4, -0.2) is 25.5 Å². The van der Waals surface area contributed by atoms with E-state index in [0.29, 0.717) is 16.9 Å². The van der Waals surface area contributed by atoms with Gasteiger partial charge in [-0.3, -0.25) is 4.79 Å². The van der Waals surface area contributed by atoms with Gasteiger partial charge in [0, 0.05) is 5.56 Å². The topological polar surface area (TPSA) is 52.6 Å². The van der Waals surface area contributed by atoms with Gasteiger partial charge in [-0.05, 0) is 54.7 Å². The Morgan fingerprint density at radius 1 is 1.00 bits per heavy atom. The van der Waals surface area contributed by atoms with Crippen LogP contribution in [0.2, 0.25) is 0 Å². The van der Waals surface area contributed by atoms with Crippen molar-refractivity contribution >= 4 is 11.8 Å². The molecule has 2 aromatic rings. The molecule has 0 spiro atoms. The summed E-state index contributed by atoms with van der Waals surface area (Å²) in [5, 5.41) is 0. The molecule has 0 fully saturated rings. The molecule has 0 radical (unpaired) electrons. The largest absolute Gasteiger partial charge is 0.497 e. The number of hydrogen-bond acceptors (Lipinski definition) is 4. The normalized spacial score (nSPS) is 12.6. The highest BCUT2D eigenvalue weighted by atomic mass is 16.5. The maximum absolute atomic E-state index is 12.2. The predicted molar refractivity (Wildman–Crippen MR) is 86.1 cm³/mol. The van der Waals surface area contributed by atoms with E-state index >= 15 is 0 Å². The molecule has 0 aromatic heterocycles. The Hall–Kier alpha value is -2.62. The quantitative estimate of drug-likeness (QED) is 0.628. The van der Waals surface area contributed by atoms with Crippen LogP contribution >= 0.6 is 0 Å². The Balaban J connectivity index is 1.63. The second kappa shape index (κ2) is 6.65. The Morgan fingerprint density at radius 3 is 2.65 bits per heavy atom. The average molecular weight is 310 g/mol. The first-order chi connectivity index (χ1) is 11.2. The average Bonchev–Trinajstić information content (AvgIpc) is 3.07. The summed E-state index contributed by atoms with van der Waals surface area (Å²) in [5.41, 5.74) is 3.51. The summed E-state index contributed by atoms with van der Waals surface area (Å²) in [5.74, 6) is -0.140. The second-order valence-electron chi connectivity index (χ2n) is 5.57.